The lowest BCUT2D eigenvalue weighted by molar-refractivity contribution is 0.520. The number of nitrogens with zero attached hydrogens (tertiary/aromatic N) is 1. The summed E-state index contributed by atoms with van der Waals surface area (Å²) in [5.74, 6) is 0. The summed E-state index contributed by atoms with van der Waals surface area (Å²) in [6, 6.07) is 6.86. The molecule has 1 saturated carbocycles. The van der Waals surface area contributed by atoms with Crippen molar-refractivity contribution in [2.45, 2.75) is 23.3 Å². The first-order valence-electron chi connectivity index (χ1n) is 5.18. The van der Waals surface area contributed by atoms with E-state index in [1.54, 1.807) is 12.1 Å². The van der Waals surface area contributed by atoms with E-state index < -0.39 is 10.0 Å². The standard InChI is InChI=1S/C11H16N2O2S/c1-13(2)16(14,15)10-5-3-9(4-6-10)11(12)7-8-11/h3-6H,7-8,12H2,1-2H3. The highest BCUT2D eigenvalue weighted by molar-refractivity contribution is 7.89. The minimum atomic E-state index is -3.33. The van der Waals surface area contributed by atoms with Gasteiger partial charge in [-0.25, -0.2) is 12.7 Å². The first-order valence-corrected chi connectivity index (χ1v) is 6.62. The first-order chi connectivity index (χ1) is 7.36. The minimum absolute atomic E-state index is 0.208. The zero-order valence-corrected chi connectivity index (χ0v) is 10.3. The Kier molecular flexibility index (Phi) is 2.57. The Hall–Kier alpha value is -0.910. The fourth-order valence-corrected chi connectivity index (χ4v) is 2.49. The molecule has 2 rings (SSSR count). The van der Waals surface area contributed by atoms with E-state index in [4.69, 9.17) is 5.73 Å². The molecule has 0 unspecified atom stereocenters. The maximum absolute atomic E-state index is 11.8. The Morgan fingerprint density at radius 1 is 1.19 bits per heavy atom. The number of nitrogens with two attached hydrogens (primary N) is 1. The van der Waals surface area contributed by atoms with Gasteiger partial charge in [-0.15, -0.1) is 0 Å². The predicted octanol–water partition coefficient (Wildman–Crippen LogP) is 0.885. The molecule has 0 atom stereocenters. The quantitative estimate of drug-likeness (QED) is 0.853. The van der Waals surface area contributed by atoms with Crippen LogP contribution in [0.3, 0.4) is 0 Å². The van der Waals surface area contributed by atoms with Crippen LogP contribution in [0.2, 0.25) is 0 Å². The van der Waals surface area contributed by atoms with E-state index in [1.807, 2.05) is 12.1 Å². The molecule has 0 aliphatic heterocycles. The summed E-state index contributed by atoms with van der Waals surface area (Å²) in [4.78, 5) is 0.311. The van der Waals surface area contributed by atoms with E-state index in [0.717, 1.165) is 18.4 Å². The fourth-order valence-electron chi connectivity index (χ4n) is 1.59. The van der Waals surface area contributed by atoms with E-state index in [0.29, 0.717) is 4.90 Å². The van der Waals surface area contributed by atoms with Gasteiger partial charge in [-0.05, 0) is 30.5 Å². The summed E-state index contributed by atoms with van der Waals surface area (Å²) in [7, 11) is -0.281. The van der Waals surface area contributed by atoms with Gasteiger partial charge < -0.3 is 5.73 Å². The second-order valence-electron chi connectivity index (χ2n) is 4.47. The largest absolute Gasteiger partial charge is 0.321 e. The zero-order chi connectivity index (χ0) is 12.0. The van der Waals surface area contributed by atoms with Gasteiger partial charge in [0.15, 0.2) is 0 Å². The third-order valence-electron chi connectivity index (χ3n) is 3.00. The van der Waals surface area contributed by atoms with Crippen LogP contribution in [0.25, 0.3) is 0 Å². The lowest BCUT2D eigenvalue weighted by Crippen LogP contribution is -2.23. The van der Waals surface area contributed by atoms with E-state index >= 15 is 0 Å². The molecule has 0 amide bonds. The van der Waals surface area contributed by atoms with Gasteiger partial charge >= 0.3 is 0 Å². The van der Waals surface area contributed by atoms with Gasteiger partial charge in [0.2, 0.25) is 10.0 Å². The van der Waals surface area contributed by atoms with Crippen molar-refractivity contribution in [1.29, 1.82) is 0 Å². The molecule has 1 aromatic rings. The van der Waals surface area contributed by atoms with Crippen LogP contribution >= 0.6 is 0 Å². The summed E-state index contributed by atoms with van der Waals surface area (Å²) in [6.45, 7) is 0. The van der Waals surface area contributed by atoms with Crippen LogP contribution in [0.1, 0.15) is 18.4 Å². The van der Waals surface area contributed by atoms with Crippen LogP contribution in [-0.2, 0) is 15.6 Å². The maximum Gasteiger partial charge on any atom is 0.242 e. The molecule has 0 bridgehead atoms. The molecule has 0 aromatic heterocycles. The highest BCUT2D eigenvalue weighted by Gasteiger charge is 2.39. The maximum atomic E-state index is 11.8. The molecule has 1 fully saturated rings. The number of benzene rings is 1. The van der Waals surface area contributed by atoms with Gasteiger partial charge in [-0.1, -0.05) is 12.1 Å². The monoisotopic (exact) mass is 240 g/mol. The molecule has 0 saturated heterocycles. The van der Waals surface area contributed by atoms with Crippen LogP contribution in [0, 0.1) is 0 Å². The van der Waals surface area contributed by atoms with Crippen molar-refractivity contribution in [2.24, 2.45) is 5.73 Å². The number of hydrogen-bond donors (Lipinski definition) is 1. The summed E-state index contributed by atoms with van der Waals surface area (Å²) >= 11 is 0. The zero-order valence-electron chi connectivity index (χ0n) is 9.47. The molecule has 88 valence electrons. The Labute approximate surface area is 96.1 Å². The summed E-state index contributed by atoms with van der Waals surface area (Å²) in [6.07, 6.45) is 1.96. The van der Waals surface area contributed by atoms with Gasteiger partial charge in [0.05, 0.1) is 4.90 Å². The van der Waals surface area contributed by atoms with Crippen LogP contribution in [0.5, 0.6) is 0 Å². The van der Waals surface area contributed by atoms with Crippen molar-refractivity contribution in [1.82, 2.24) is 4.31 Å². The SMILES string of the molecule is CN(C)S(=O)(=O)c1ccc(C2(N)CC2)cc1. The molecule has 1 aromatic carbocycles. The van der Waals surface area contributed by atoms with Crippen LogP contribution in [0.4, 0.5) is 0 Å². The smallest absolute Gasteiger partial charge is 0.242 e. The summed E-state index contributed by atoms with van der Waals surface area (Å²) in [5.41, 5.74) is 6.84. The van der Waals surface area contributed by atoms with Crippen molar-refractivity contribution >= 4 is 10.0 Å². The Morgan fingerprint density at radius 3 is 2.06 bits per heavy atom. The molecule has 1 aliphatic rings. The normalized spacial score (nSPS) is 18.8. The molecule has 0 radical (unpaired) electrons. The van der Waals surface area contributed by atoms with Crippen molar-refractivity contribution in [3.05, 3.63) is 29.8 Å². The number of rotatable bonds is 3. The fraction of sp³-hybridized carbons (Fsp3) is 0.455. The highest BCUT2D eigenvalue weighted by Crippen LogP contribution is 2.42. The molecule has 2 N–H and O–H groups in total. The summed E-state index contributed by atoms with van der Waals surface area (Å²) < 4.78 is 24.8. The molecule has 4 nitrogen and oxygen atoms in total. The van der Waals surface area contributed by atoms with E-state index in [-0.39, 0.29) is 5.54 Å². The second-order valence-corrected chi connectivity index (χ2v) is 6.62. The predicted molar refractivity (Wildman–Crippen MR) is 62.4 cm³/mol. The van der Waals surface area contributed by atoms with Crippen molar-refractivity contribution in [3.8, 4) is 0 Å². The van der Waals surface area contributed by atoms with Crippen molar-refractivity contribution in [2.75, 3.05) is 14.1 Å². The van der Waals surface area contributed by atoms with E-state index in [1.165, 1.54) is 18.4 Å². The topological polar surface area (TPSA) is 63.4 Å². The average Bonchev–Trinajstić information content (AvgIpc) is 2.98. The van der Waals surface area contributed by atoms with Gasteiger partial charge in [-0.3, -0.25) is 0 Å². The molecule has 0 heterocycles. The Bertz CT molecular complexity index is 487. The number of sulfonamides is 1. The molecule has 16 heavy (non-hydrogen) atoms. The number of hydrogen-bond acceptors (Lipinski definition) is 3. The Balaban J connectivity index is 2.33. The summed E-state index contributed by atoms with van der Waals surface area (Å²) in [5, 5.41) is 0. The third-order valence-corrected chi connectivity index (χ3v) is 4.83. The molecule has 0 spiro atoms. The van der Waals surface area contributed by atoms with Gasteiger partial charge in [0, 0.05) is 19.6 Å². The first kappa shape index (κ1) is 11.6. The average molecular weight is 240 g/mol. The molecule has 1 aliphatic carbocycles. The van der Waals surface area contributed by atoms with Crippen molar-refractivity contribution < 1.29 is 8.42 Å². The van der Waals surface area contributed by atoms with Crippen LogP contribution < -0.4 is 5.73 Å². The van der Waals surface area contributed by atoms with Gasteiger partial charge in [0.1, 0.15) is 0 Å². The van der Waals surface area contributed by atoms with Crippen LogP contribution in [-0.4, -0.2) is 26.8 Å². The molecule has 5 heteroatoms. The van der Waals surface area contributed by atoms with Gasteiger partial charge in [-0.2, -0.15) is 0 Å². The highest BCUT2D eigenvalue weighted by atomic mass is 32.2. The van der Waals surface area contributed by atoms with E-state index in [9.17, 15) is 8.42 Å². The Morgan fingerprint density at radius 2 is 1.69 bits per heavy atom. The van der Waals surface area contributed by atoms with Crippen molar-refractivity contribution in [3.63, 3.8) is 0 Å². The lowest BCUT2D eigenvalue weighted by atomic mass is 10.1. The van der Waals surface area contributed by atoms with Gasteiger partial charge in [0.25, 0.3) is 0 Å². The minimum Gasteiger partial charge on any atom is -0.321 e. The third kappa shape index (κ3) is 1.86. The van der Waals surface area contributed by atoms with Crippen LogP contribution in [0.15, 0.2) is 29.2 Å². The molecular formula is C11H16N2O2S. The second kappa shape index (κ2) is 3.55. The molecular weight excluding hydrogens is 224 g/mol. The van der Waals surface area contributed by atoms with E-state index in [2.05, 4.69) is 0 Å². The lowest BCUT2D eigenvalue weighted by Gasteiger charge is -2.13.